The van der Waals surface area contributed by atoms with Crippen molar-refractivity contribution in [2.24, 2.45) is 4.99 Å². The highest BCUT2D eigenvalue weighted by atomic mass is 32.2. The zero-order valence-electron chi connectivity index (χ0n) is 35.7. The van der Waals surface area contributed by atoms with Crippen molar-refractivity contribution in [3.8, 4) is 22.3 Å². The standard InChI is InChI=1S/C46H44N10O5S2/c1-25-8-17-35(42-39(25)32(22-47)24-48-42)55-63(59,60)33-15-9-29(10-16-33)23-49-44(58)37-19-18-34(52-53-37)30-11-13-31(14-12-30)41-40-26(2)27(3)62-45(40)56-28(4)51-54-43(56)36(50-41)20-21-38(57)61-46(5,6)7/h8-19,24,36,48,55H,20-21,23H2,1-7H3,(H,49,58)/t36-/m0/s1. The second-order valence-corrected chi connectivity index (χ2v) is 19.2. The highest BCUT2D eigenvalue weighted by Crippen LogP contribution is 2.40. The number of rotatable bonds is 11. The molecule has 15 nitrogen and oxygen atoms in total. The lowest BCUT2D eigenvalue weighted by Gasteiger charge is -2.20. The Kier molecular flexibility index (Phi) is 11.3. The number of hydrogen-bond acceptors (Lipinski definition) is 12. The molecule has 0 saturated heterocycles. The molecule has 0 fully saturated rings. The molecule has 0 saturated carbocycles. The van der Waals surface area contributed by atoms with Crippen LogP contribution in [-0.4, -0.2) is 61.6 Å². The summed E-state index contributed by atoms with van der Waals surface area (Å²) >= 11 is 1.66. The van der Waals surface area contributed by atoms with Gasteiger partial charge in [0.1, 0.15) is 28.5 Å². The molecule has 3 N–H and O–H groups in total. The number of amides is 1. The van der Waals surface area contributed by atoms with Gasteiger partial charge in [0.2, 0.25) is 0 Å². The quantitative estimate of drug-likeness (QED) is 0.106. The van der Waals surface area contributed by atoms with Crippen LogP contribution in [0.4, 0.5) is 5.69 Å². The van der Waals surface area contributed by atoms with E-state index in [1.807, 2.05) is 58.9 Å². The van der Waals surface area contributed by atoms with E-state index in [0.29, 0.717) is 45.7 Å². The number of aliphatic imine (C=N–C) groups is 1. The van der Waals surface area contributed by atoms with Crippen LogP contribution in [0.15, 0.2) is 88.9 Å². The van der Waals surface area contributed by atoms with Crippen LogP contribution in [0.1, 0.15) is 100 Å². The zero-order valence-corrected chi connectivity index (χ0v) is 37.3. The number of sulfonamides is 1. The Morgan fingerprint density at radius 1 is 0.921 bits per heavy atom. The van der Waals surface area contributed by atoms with Gasteiger partial charge in [-0.15, -0.1) is 31.7 Å². The number of nitrogens with zero attached hydrogens (tertiary/aromatic N) is 7. The van der Waals surface area contributed by atoms with E-state index in [1.165, 1.54) is 12.1 Å². The Morgan fingerprint density at radius 3 is 2.33 bits per heavy atom. The normalized spacial score (nSPS) is 13.7. The third kappa shape index (κ3) is 8.59. The molecule has 4 aromatic heterocycles. The van der Waals surface area contributed by atoms with E-state index < -0.39 is 27.6 Å². The molecule has 320 valence electrons. The van der Waals surface area contributed by atoms with Crippen molar-refractivity contribution in [2.45, 2.75) is 84.4 Å². The maximum absolute atomic E-state index is 13.3. The molecule has 8 rings (SSSR count). The van der Waals surface area contributed by atoms with Crippen LogP contribution in [0.2, 0.25) is 0 Å². The lowest BCUT2D eigenvalue weighted by molar-refractivity contribution is -0.155. The van der Waals surface area contributed by atoms with E-state index in [-0.39, 0.29) is 29.5 Å². The first-order valence-corrected chi connectivity index (χ1v) is 22.5. The number of carbonyl (C=O) groups excluding carboxylic acids is 2. The summed E-state index contributed by atoms with van der Waals surface area (Å²) in [5, 5.41) is 31.4. The fraction of sp³-hybridized carbons (Fsp3) is 0.261. The van der Waals surface area contributed by atoms with Crippen molar-refractivity contribution >= 4 is 55.5 Å². The number of H-pyrrole nitrogens is 1. The summed E-state index contributed by atoms with van der Waals surface area (Å²) in [7, 11) is -3.96. The Bertz CT molecular complexity index is 3100. The molecule has 0 bridgehead atoms. The summed E-state index contributed by atoms with van der Waals surface area (Å²) < 4.78 is 36.9. The molecule has 0 spiro atoms. The lowest BCUT2D eigenvalue weighted by Crippen LogP contribution is -2.24. The van der Waals surface area contributed by atoms with Gasteiger partial charge in [-0.2, -0.15) is 5.26 Å². The Balaban J connectivity index is 0.945. The van der Waals surface area contributed by atoms with E-state index in [1.54, 1.807) is 53.9 Å². The Morgan fingerprint density at radius 2 is 1.65 bits per heavy atom. The second-order valence-electron chi connectivity index (χ2n) is 16.3. The van der Waals surface area contributed by atoms with Crippen molar-refractivity contribution in [3.63, 3.8) is 0 Å². The number of ether oxygens (including phenoxy) is 1. The van der Waals surface area contributed by atoms with Gasteiger partial charge in [0.25, 0.3) is 15.9 Å². The van der Waals surface area contributed by atoms with Gasteiger partial charge in [0.05, 0.1) is 33.1 Å². The smallest absolute Gasteiger partial charge is 0.306 e. The van der Waals surface area contributed by atoms with Crippen LogP contribution in [0.3, 0.4) is 0 Å². The second kappa shape index (κ2) is 16.7. The van der Waals surface area contributed by atoms with Gasteiger partial charge >= 0.3 is 5.97 Å². The molecule has 5 heterocycles. The maximum Gasteiger partial charge on any atom is 0.306 e. The van der Waals surface area contributed by atoms with Gasteiger partial charge < -0.3 is 15.0 Å². The molecule has 0 aliphatic carbocycles. The molecule has 1 aliphatic heterocycles. The first-order chi connectivity index (χ1) is 30.0. The molecule has 3 aromatic carbocycles. The minimum atomic E-state index is -3.96. The number of nitriles is 1. The van der Waals surface area contributed by atoms with Crippen LogP contribution in [0, 0.1) is 39.0 Å². The Labute approximate surface area is 368 Å². The third-order valence-electron chi connectivity index (χ3n) is 10.7. The van der Waals surface area contributed by atoms with Gasteiger partial charge in [-0.1, -0.05) is 42.5 Å². The largest absolute Gasteiger partial charge is 0.460 e. The van der Waals surface area contributed by atoms with Crippen LogP contribution in [0.25, 0.3) is 27.2 Å². The predicted octanol–water partition coefficient (Wildman–Crippen LogP) is 8.12. The lowest BCUT2D eigenvalue weighted by atomic mass is 9.98. The monoisotopic (exact) mass is 880 g/mol. The number of aromatic amines is 1. The number of benzene rings is 3. The highest BCUT2D eigenvalue weighted by Gasteiger charge is 2.32. The molecule has 1 amide bonds. The third-order valence-corrected chi connectivity index (χ3v) is 13.3. The fourth-order valence-corrected chi connectivity index (χ4v) is 9.78. The SMILES string of the molecule is Cc1sc2c(c1C)C(c1ccc(-c3ccc(C(=O)NCc4ccc(S(=O)(=O)Nc5ccc(C)c6c(C#N)c[nH]c56)cc4)nn3)cc1)=N[C@@H](CCC(=O)OC(C)(C)C)c1nnc(C)n1-2. The van der Waals surface area contributed by atoms with E-state index in [0.717, 1.165) is 49.2 Å². The van der Waals surface area contributed by atoms with Gasteiger partial charge in [0, 0.05) is 46.1 Å². The number of thiophene rings is 1. The number of esters is 1. The predicted molar refractivity (Wildman–Crippen MR) is 241 cm³/mol. The van der Waals surface area contributed by atoms with Gasteiger partial charge in [-0.3, -0.25) is 23.9 Å². The number of aryl methyl sites for hydroxylation is 3. The molecule has 1 atom stereocenters. The zero-order chi connectivity index (χ0) is 44.8. The summed E-state index contributed by atoms with van der Waals surface area (Å²) in [5.41, 5.74) is 7.47. The number of aromatic nitrogens is 6. The van der Waals surface area contributed by atoms with Crippen LogP contribution >= 0.6 is 11.3 Å². The van der Waals surface area contributed by atoms with Crippen molar-refractivity contribution in [3.05, 3.63) is 135 Å². The van der Waals surface area contributed by atoms with Crippen LogP contribution < -0.4 is 10.0 Å². The van der Waals surface area contributed by atoms with Crippen molar-refractivity contribution in [1.29, 1.82) is 5.26 Å². The molecular weight excluding hydrogens is 837 g/mol. The minimum absolute atomic E-state index is 0.0383. The summed E-state index contributed by atoms with van der Waals surface area (Å²) in [6.45, 7) is 13.6. The van der Waals surface area contributed by atoms with E-state index in [9.17, 15) is 23.3 Å². The summed E-state index contributed by atoms with van der Waals surface area (Å²) in [5.74, 6) is 0.677. The maximum atomic E-state index is 13.3. The number of hydrogen-bond donors (Lipinski definition) is 3. The summed E-state index contributed by atoms with van der Waals surface area (Å²) in [6, 6.07) is 22.4. The minimum Gasteiger partial charge on any atom is -0.460 e. The van der Waals surface area contributed by atoms with Crippen LogP contribution in [0.5, 0.6) is 0 Å². The number of carbonyl (C=O) groups is 2. The molecule has 0 radical (unpaired) electrons. The molecule has 1 aliphatic rings. The first-order valence-electron chi connectivity index (χ1n) is 20.2. The molecular formula is C46H44N10O5S2. The van der Waals surface area contributed by atoms with Gasteiger partial charge in [0.15, 0.2) is 11.5 Å². The average molecular weight is 881 g/mol. The van der Waals surface area contributed by atoms with Crippen LogP contribution in [-0.2, 0) is 26.1 Å². The first kappa shape index (κ1) is 42.7. The number of nitrogens with one attached hydrogen (secondary N) is 3. The van der Waals surface area contributed by atoms with E-state index in [2.05, 4.69) is 59.9 Å². The van der Waals surface area contributed by atoms with E-state index >= 15 is 0 Å². The van der Waals surface area contributed by atoms with E-state index in [4.69, 9.17) is 9.73 Å². The van der Waals surface area contributed by atoms with Gasteiger partial charge in [-0.05, 0) is 102 Å². The number of fused-ring (bicyclic) bond motifs is 4. The number of anilines is 1. The fourth-order valence-electron chi connectivity index (χ4n) is 7.49. The van der Waals surface area contributed by atoms with Crippen molar-refractivity contribution in [1.82, 2.24) is 35.3 Å². The van der Waals surface area contributed by atoms with Gasteiger partial charge in [-0.25, -0.2) is 8.42 Å². The van der Waals surface area contributed by atoms with Crippen molar-refractivity contribution in [2.75, 3.05) is 4.72 Å². The molecule has 0 unspecified atom stereocenters. The summed E-state index contributed by atoms with van der Waals surface area (Å²) in [6.07, 6.45) is 2.11. The topological polar surface area (TPSA) is 210 Å². The van der Waals surface area contributed by atoms with Crippen molar-refractivity contribution < 1.29 is 22.7 Å². The Hall–Kier alpha value is -7.03. The highest BCUT2D eigenvalue weighted by molar-refractivity contribution is 7.92. The molecule has 63 heavy (non-hydrogen) atoms. The summed E-state index contributed by atoms with van der Waals surface area (Å²) in [4.78, 5) is 35.4. The average Bonchev–Trinajstić information content (AvgIpc) is 3.93. The molecule has 7 aromatic rings. The molecule has 17 heteroatoms.